The molecule has 1 heterocycles. The smallest absolute Gasteiger partial charge is 0.0387 e. The third-order valence-corrected chi connectivity index (χ3v) is 4.30. The lowest BCUT2D eigenvalue weighted by molar-refractivity contribution is 0.117. The summed E-state index contributed by atoms with van der Waals surface area (Å²) in [4.78, 5) is 2.54. The van der Waals surface area contributed by atoms with Gasteiger partial charge in [0.1, 0.15) is 0 Å². The Kier molecular flexibility index (Phi) is 5.00. The van der Waals surface area contributed by atoms with Crippen molar-refractivity contribution in [2.24, 2.45) is 5.92 Å². The van der Waals surface area contributed by atoms with Crippen LogP contribution >= 0.6 is 0 Å². The van der Waals surface area contributed by atoms with E-state index >= 15 is 0 Å². The summed E-state index contributed by atoms with van der Waals surface area (Å²) in [7, 11) is 2.28. The zero-order valence-corrected chi connectivity index (χ0v) is 12.8. The van der Waals surface area contributed by atoms with E-state index in [9.17, 15) is 0 Å². The molecule has 1 N–H and O–H groups in total. The van der Waals surface area contributed by atoms with Crippen molar-refractivity contribution in [3.8, 4) is 0 Å². The van der Waals surface area contributed by atoms with Gasteiger partial charge >= 0.3 is 0 Å². The molecule has 2 unspecified atom stereocenters. The maximum absolute atomic E-state index is 3.63. The number of benzene rings is 1. The average molecular weight is 260 g/mol. The van der Waals surface area contributed by atoms with Crippen LogP contribution in [0, 0.1) is 12.8 Å². The molecule has 1 aromatic carbocycles. The van der Waals surface area contributed by atoms with Crippen molar-refractivity contribution >= 4 is 0 Å². The summed E-state index contributed by atoms with van der Waals surface area (Å²) >= 11 is 0. The van der Waals surface area contributed by atoms with Crippen LogP contribution in [-0.4, -0.2) is 31.1 Å². The summed E-state index contributed by atoms with van der Waals surface area (Å²) in [5, 5.41) is 3.63. The Morgan fingerprint density at radius 1 is 1.32 bits per heavy atom. The quantitative estimate of drug-likeness (QED) is 0.893. The Morgan fingerprint density at radius 3 is 2.74 bits per heavy atom. The maximum atomic E-state index is 3.63. The van der Waals surface area contributed by atoms with Crippen molar-refractivity contribution in [1.82, 2.24) is 10.2 Å². The molecule has 2 heteroatoms. The van der Waals surface area contributed by atoms with E-state index in [1.54, 1.807) is 0 Å². The van der Waals surface area contributed by atoms with E-state index in [1.165, 1.54) is 30.5 Å². The molecule has 1 fully saturated rings. The van der Waals surface area contributed by atoms with Crippen molar-refractivity contribution < 1.29 is 0 Å². The Bertz CT molecular complexity index is 400. The molecule has 0 amide bonds. The number of aryl methyl sites for hydroxylation is 1. The Morgan fingerprint density at radius 2 is 2.05 bits per heavy atom. The molecule has 19 heavy (non-hydrogen) atoms. The molecule has 1 aliphatic rings. The van der Waals surface area contributed by atoms with Crippen molar-refractivity contribution in [3.05, 3.63) is 35.4 Å². The van der Waals surface area contributed by atoms with Gasteiger partial charge in [-0.3, -0.25) is 4.90 Å². The van der Waals surface area contributed by atoms with E-state index < -0.39 is 0 Å². The first-order chi connectivity index (χ1) is 9.09. The van der Waals surface area contributed by atoms with Crippen molar-refractivity contribution in [2.75, 3.05) is 20.1 Å². The lowest BCUT2D eigenvalue weighted by Gasteiger charge is -2.40. The van der Waals surface area contributed by atoms with E-state index in [2.05, 4.69) is 62.3 Å². The van der Waals surface area contributed by atoms with Crippen LogP contribution in [0.2, 0.25) is 0 Å². The first-order valence-electron chi connectivity index (χ1n) is 7.58. The van der Waals surface area contributed by atoms with Crippen LogP contribution in [0.4, 0.5) is 0 Å². The molecule has 2 atom stereocenters. The third kappa shape index (κ3) is 3.58. The first kappa shape index (κ1) is 14.5. The Hall–Kier alpha value is -0.860. The molecule has 2 rings (SSSR count). The fraction of sp³-hybridized carbons (Fsp3) is 0.647. The van der Waals surface area contributed by atoms with Gasteiger partial charge in [-0.05, 0) is 50.4 Å². The van der Waals surface area contributed by atoms with Gasteiger partial charge in [0.15, 0.2) is 0 Å². The molecule has 1 aromatic rings. The van der Waals surface area contributed by atoms with Crippen molar-refractivity contribution in [2.45, 2.75) is 45.7 Å². The molecule has 106 valence electrons. The van der Waals surface area contributed by atoms with E-state index in [4.69, 9.17) is 0 Å². The summed E-state index contributed by atoms with van der Waals surface area (Å²) in [5.74, 6) is 0.724. The molecule has 0 bridgehead atoms. The van der Waals surface area contributed by atoms with Gasteiger partial charge in [0, 0.05) is 18.6 Å². The monoisotopic (exact) mass is 260 g/mol. The third-order valence-electron chi connectivity index (χ3n) is 4.30. The highest BCUT2D eigenvalue weighted by molar-refractivity contribution is 5.29. The molecule has 0 saturated carbocycles. The number of piperidine rings is 1. The molecule has 0 aliphatic carbocycles. The number of nitrogens with one attached hydrogen (secondary N) is 1. The number of hydrogen-bond donors (Lipinski definition) is 1. The topological polar surface area (TPSA) is 15.3 Å². The van der Waals surface area contributed by atoms with Gasteiger partial charge in [-0.15, -0.1) is 0 Å². The van der Waals surface area contributed by atoms with E-state index in [1.807, 2.05) is 0 Å². The highest BCUT2D eigenvalue weighted by atomic mass is 15.1. The molecular formula is C17H28N2. The van der Waals surface area contributed by atoms with E-state index in [0.29, 0.717) is 12.1 Å². The zero-order chi connectivity index (χ0) is 13.8. The van der Waals surface area contributed by atoms with E-state index in [0.717, 1.165) is 12.5 Å². The Balaban J connectivity index is 2.19. The van der Waals surface area contributed by atoms with Crippen LogP contribution in [0.25, 0.3) is 0 Å². The number of likely N-dealkylation sites (tertiary alicyclic amines) is 1. The van der Waals surface area contributed by atoms with Crippen LogP contribution in [0.15, 0.2) is 24.3 Å². The fourth-order valence-electron chi connectivity index (χ4n) is 3.27. The van der Waals surface area contributed by atoms with Crippen LogP contribution in [0.1, 0.15) is 43.9 Å². The van der Waals surface area contributed by atoms with Gasteiger partial charge in [0.05, 0.1) is 0 Å². The highest BCUT2D eigenvalue weighted by Gasteiger charge is 2.30. The normalized spacial score (nSPS) is 24.9. The second-order valence-electron chi connectivity index (χ2n) is 6.25. The lowest BCUT2D eigenvalue weighted by Crippen LogP contribution is -2.42. The molecular weight excluding hydrogens is 232 g/mol. The molecule has 1 saturated heterocycles. The minimum absolute atomic E-state index is 0.571. The summed E-state index contributed by atoms with van der Waals surface area (Å²) < 4.78 is 0. The molecule has 0 aromatic heterocycles. The minimum Gasteiger partial charge on any atom is -0.314 e. The van der Waals surface area contributed by atoms with Gasteiger partial charge in [0.2, 0.25) is 0 Å². The van der Waals surface area contributed by atoms with Crippen LogP contribution in [0.3, 0.4) is 0 Å². The predicted octanol–water partition coefficient (Wildman–Crippen LogP) is 3.38. The highest BCUT2D eigenvalue weighted by Crippen LogP contribution is 2.36. The van der Waals surface area contributed by atoms with E-state index in [-0.39, 0.29) is 0 Å². The van der Waals surface area contributed by atoms with Crippen LogP contribution < -0.4 is 5.32 Å². The summed E-state index contributed by atoms with van der Waals surface area (Å²) in [6, 6.07) is 10.0. The minimum atomic E-state index is 0.571. The lowest BCUT2D eigenvalue weighted by atomic mass is 9.83. The second kappa shape index (κ2) is 6.53. The number of rotatable bonds is 4. The molecule has 1 aliphatic heterocycles. The van der Waals surface area contributed by atoms with Crippen LogP contribution in [0.5, 0.6) is 0 Å². The number of nitrogens with zero attached hydrogens (tertiary/aromatic N) is 1. The summed E-state index contributed by atoms with van der Waals surface area (Å²) in [6.07, 6.45) is 2.66. The fourth-order valence-corrected chi connectivity index (χ4v) is 3.27. The van der Waals surface area contributed by atoms with Gasteiger partial charge in [-0.25, -0.2) is 0 Å². The largest absolute Gasteiger partial charge is 0.314 e. The van der Waals surface area contributed by atoms with Crippen LogP contribution in [-0.2, 0) is 0 Å². The van der Waals surface area contributed by atoms with Crippen molar-refractivity contribution in [1.29, 1.82) is 0 Å². The number of hydrogen-bond acceptors (Lipinski definition) is 2. The zero-order valence-electron chi connectivity index (χ0n) is 12.8. The summed E-state index contributed by atoms with van der Waals surface area (Å²) in [5.41, 5.74) is 2.94. The maximum Gasteiger partial charge on any atom is 0.0387 e. The second-order valence-corrected chi connectivity index (χ2v) is 6.25. The molecule has 0 spiro atoms. The first-order valence-corrected chi connectivity index (χ1v) is 7.58. The van der Waals surface area contributed by atoms with Crippen molar-refractivity contribution in [3.63, 3.8) is 0 Å². The predicted molar refractivity (Wildman–Crippen MR) is 82.4 cm³/mol. The summed E-state index contributed by atoms with van der Waals surface area (Å²) in [6.45, 7) is 9.05. The average Bonchev–Trinajstić information content (AvgIpc) is 2.37. The standard InChI is InChI=1S/C17H28N2/c1-13(2)18-12-15-9-7-11-19(4)17(15)16-10-6-5-8-14(16)3/h5-6,8,10,13,15,17-18H,7,9,11-12H2,1-4H3. The SMILES string of the molecule is Cc1ccccc1C1C(CNC(C)C)CCCN1C. The van der Waals surface area contributed by atoms with Gasteiger partial charge in [-0.2, -0.15) is 0 Å². The molecule has 2 nitrogen and oxygen atoms in total. The van der Waals surface area contributed by atoms with Gasteiger partial charge in [-0.1, -0.05) is 38.1 Å². The molecule has 0 radical (unpaired) electrons. The van der Waals surface area contributed by atoms with Gasteiger partial charge in [0.25, 0.3) is 0 Å². The Labute approximate surface area is 118 Å². The van der Waals surface area contributed by atoms with Gasteiger partial charge < -0.3 is 5.32 Å².